The van der Waals surface area contributed by atoms with Gasteiger partial charge in [0.2, 0.25) is 0 Å². The molecule has 120 valence electrons. The molecule has 0 spiro atoms. The number of thiophene rings is 1. The fourth-order valence-corrected chi connectivity index (χ4v) is 3.46. The summed E-state index contributed by atoms with van der Waals surface area (Å²) in [5.41, 5.74) is 1.60. The molecule has 1 aromatic carbocycles. The van der Waals surface area contributed by atoms with E-state index in [1.54, 1.807) is 12.1 Å². The van der Waals surface area contributed by atoms with Gasteiger partial charge in [-0.25, -0.2) is 9.66 Å². The second-order valence-corrected chi connectivity index (χ2v) is 6.98. The number of halogens is 1. The van der Waals surface area contributed by atoms with Crippen LogP contribution in [0.25, 0.3) is 10.2 Å². The summed E-state index contributed by atoms with van der Waals surface area (Å²) in [5, 5.41) is 1.26. The number of nitrogens with two attached hydrogens (primary N) is 1. The van der Waals surface area contributed by atoms with Crippen LogP contribution in [0.1, 0.15) is 21.8 Å². The van der Waals surface area contributed by atoms with E-state index in [0.29, 0.717) is 26.8 Å². The number of fused-ring (bicyclic) bond motifs is 1. The zero-order valence-corrected chi connectivity index (χ0v) is 14.6. The van der Waals surface area contributed by atoms with E-state index < -0.39 is 0 Å². The van der Waals surface area contributed by atoms with Gasteiger partial charge in [-0.05, 0) is 50.1 Å². The SMILES string of the molecule is Cc1cc(OCc2nc3sc(C)c(C)c3c(=O)n2N)ccc1Cl. The van der Waals surface area contributed by atoms with Crippen molar-refractivity contribution in [3.63, 3.8) is 0 Å². The van der Waals surface area contributed by atoms with Gasteiger partial charge in [-0.3, -0.25) is 4.79 Å². The van der Waals surface area contributed by atoms with Crippen molar-refractivity contribution in [2.24, 2.45) is 0 Å². The Balaban J connectivity index is 1.95. The van der Waals surface area contributed by atoms with Gasteiger partial charge in [-0.2, -0.15) is 0 Å². The van der Waals surface area contributed by atoms with Crippen molar-refractivity contribution in [2.45, 2.75) is 27.4 Å². The van der Waals surface area contributed by atoms with Crippen LogP contribution in [0.3, 0.4) is 0 Å². The zero-order chi connectivity index (χ0) is 16.7. The minimum atomic E-state index is -0.247. The monoisotopic (exact) mass is 349 g/mol. The molecule has 0 saturated carbocycles. The summed E-state index contributed by atoms with van der Waals surface area (Å²) in [7, 11) is 0. The minimum Gasteiger partial charge on any atom is -0.486 e. The number of rotatable bonds is 3. The summed E-state index contributed by atoms with van der Waals surface area (Å²) in [4.78, 5) is 18.7. The molecule has 23 heavy (non-hydrogen) atoms. The Labute approximate surface area is 142 Å². The Morgan fingerprint density at radius 3 is 2.78 bits per heavy atom. The predicted octanol–water partition coefficient (Wildman–Crippen LogP) is 3.33. The summed E-state index contributed by atoms with van der Waals surface area (Å²) in [5.74, 6) is 6.93. The molecule has 2 aromatic heterocycles. The molecule has 0 radical (unpaired) electrons. The van der Waals surface area contributed by atoms with Crippen LogP contribution in [0.2, 0.25) is 5.02 Å². The fourth-order valence-electron chi connectivity index (χ4n) is 2.31. The van der Waals surface area contributed by atoms with Crippen LogP contribution < -0.4 is 16.1 Å². The van der Waals surface area contributed by atoms with Crippen molar-refractivity contribution < 1.29 is 4.74 Å². The molecule has 2 heterocycles. The van der Waals surface area contributed by atoms with Gasteiger partial charge in [0, 0.05) is 9.90 Å². The van der Waals surface area contributed by atoms with Crippen LogP contribution in [0, 0.1) is 20.8 Å². The highest BCUT2D eigenvalue weighted by Crippen LogP contribution is 2.26. The van der Waals surface area contributed by atoms with Gasteiger partial charge in [0.15, 0.2) is 5.82 Å². The molecule has 0 aliphatic carbocycles. The van der Waals surface area contributed by atoms with Gasteiger partial charge in [-0.1, -0.05) is 11.6 Å². The lowest BCUT2D eigenvalue weighted by atomic mass is 10.2. The third-order valence-corrected chi connectivity index (χ3v) is 5.33. The van der Waals surface area contributed by atoms with E-state index in [-0.39, 0.29) is 12.2 Å². The smallest absolute Gasteiger partial charge is 0.281 e. The highest BCUT2D eigenvalue weighted by Gasteiger charge is 2.15. The lowest BCUT2D eigenvalue weighted by molar-refractivity contribution is 0.291. The molecule has 5 nitrogen and oxygen atoms in total. The van der Waals surface area contributed by atoms with Crippen molar-refractivity contribution in [2.75, 3.05) is 5.84 Å². The molecule has 0 amide bonds. The molecule has 0 unspecified atom stereocenters. The van der Waals surface area contributed by atoms with Crippen molar-refractivity contribution >= 4 is 33.2 Å². The maximum absolute atomic E-state index is 12.4. The lowest BCUT2D eigenvalue weighted by Crippen LogP contribution is -2.32. The molecule has 0 bridgehead atoms. The van der Waals surface area contributed by atoms with Crippen LogP contribution in [0.15, 0.2) is 23.0 Å². The molecule has 7 heteroatoms. The Morgan fingerprint density at radius 1 is 1.35 bits per heavy atom. The van der Waals surface area contributed by atoms with E-state index in [1.807, 2.05) is 26.8 Å². The second-order valence-electron chi connectivity index (χ2n) is 5.37. The Kier molecular flexibility index (Phi) is 4.04. The van der Waals surface area contributed by atoms with Gasteiger partial charge in [0.05, 0.1) is 5.39 Å². The number of aromatic nitrogens is 2. The molecule has 0 atom stereocenters. The Bertz CT molecular complexity index is 962. The van der Waals surface area contributed by atoms with Gasteiger partial charge in [0.25, 0.3) is 5.56 Å². The number of aryl methyl sites for hydroxylation is 3. The first-order valence-corrected chi connectivity index (χ1v) is 8.23. The number of hydrogen-bond donors (Lipinski definition) is 1. The molecule has 0 aliphatic rings. The summed E-state index contributed by atoms with van der Waals surface area (Å²) < 4.78 is 6.75. The molecule has 0 fully saturated rings. The Morgan fingerprint density at radius 2 is 2.09 bits per heavy atom. The largest absolute Gasteiger partial charge is 0.486 e. The molecular formula is C16H16ClN3O2S. The van der Waals surface area contributed by atoms with Crippen molar-refractivity contribution in [3.8, 4) is 5.75 Å². The van der Waals surface area contributed by atoms with E-state index in [9.17, 15) is 4.79 Å². The van der Waals surface area contributed by atoms with E-state index in [4.69, 9.17) is 22.2 Å². The van der Waals surface area contributed by atoms with Crippen molar-refractivity contribution in [3.05, 3.63) is 55.4 Å². The summed E-state index contributed by atoms with van der Waals surface area (Å²) in [6.07, 6.45) is 0. The van der Waals surface area contributed by atoms with Crippen molar-refractivity contribution in [1.82, 2.24) is 9.66 Å². The molecule has 3 aromatic rings. The van der Waals surface area contributed by atoms with E-state index in [1.165, 1.54) is 11.3 Å². The predicted molar refractivity (Wildman–Crippen MR) is 94.0 cm³/mol. The highest BCUT2D eigenvalue weighted by molar-refractivity contribution is 7.18. The average molecular weight is 350 g/mol. The standard InChI is InChI=1S/C16H16ClN3O2S/c1-8-6-11(4-5-12(8)17)22-7-13-19-15-14(16(21)20(13)18)9(2)10(3)23-15/h4-6H,7,18H2,1-3H3. The van der Waals surface area contributed by atoms with Gasteiger partial charge >= 0.3 is 0 Å². The quantitative estimate of drug-likeness (QED) is 0.736. The highest BCUT2D eigenvalue weighted by atomic mass is 35.5. The van der Waals surface area contributed by atoms with E-state index in [0.717, 1.165) is 20.7 Å². The van der Waals surface area contributed by atoms with Gasteiger partial charge < -0.3 is 10.6 Å². The fraction of sp³-hybridized carbons (Fsp3) is 0.250. The minimum absolute atomic E-state index is 0.110. The summed E-state index contributed by atoms with van der Waals surface area (Å²) >= 11 is 7.48. The van der Waals surface area contributed by atoms with Gasteiger partial charge in [0.1, 0.15) is 17.2 Å². The molecule has 3 rings (SSSR count). The molecule has 2 N–H and O–H groups in total. The topological polar surface area (TPSA) is 70.1 Å². The van der Waals surface area contributed by atoms with Crippen LogP contribution in [-0.4, -0.2) is 9.66 Å². The normalized spacial score (nSPS) is 11.1. The molecule has 0 saturated heterocycles. The maximum Gasteiger partial charge on any atom is 0.281 e. The summed E-state index contributed by atoms with van der Waals surface area (Å²) in [6, 6.07) is 5.37. The first-order valence-electron chi connectivity index (χ1n) is 7.04. The number of nitrogen functional groups attached to an aromatic ring is 1. The third-order valence-electron chi connectivity index (χ3n) is 3.81. The first-order chi connectivity index (χ1) is 10.9. The van der Waals surface area contributed by atoms with E-state index >= 15 is 0 Å². The third kappa shape index (κ3) is 2.80. The first kappa shape index (κ1) is 15.8. The average Bonchev–Trinajstić information content (AvgIpc) is 2.80. The van der Waals surface area contributed by atoms with Crippen LogP contribution in [0.4, 0.5) is 0 Å². The van der Waals surface area contributed by atoms with Crippen LogP contribution in [-0.2, 0) is 6.61 Å². The van der Waals surface area contributed by atoms with Crippen LogP contribution in [0.5, 0.6) is 5.75 Å². The second kappa shape index (κ2) is 5.86. The zero-order valence-electron chi connectivity index (χ0n) is 13.0. The number of hydrogen-bond acceptors (Lipinski definition) is 5. The number of nitrogens with zero attached hydrogens (tertiary/aromatic N) is 2. The summed E-state index contributed by atoms with van der Waals surface area (Å²) in [6.45, 7) is 5.88. The van der Waals surface area contributed by atoms with E-state index in [2.05, 4.69) is 4.98 Å². The van der Waals surface area contributed by atoms with Crippen LogP contribution >= 0.6 is 22.9 Å². The number of ether oxygens (including phenoxy) is 1. The maximum atomic E-state index is 12.4. The molecule has 0 aliphatic heterocycles. The molecular weight excluding hydrogens is 334 g/mol. The number of benzene rings is 1. The Hall–Kier alpha value is -2.05. The van der Waals surface area contributed by atoms with Gasteiger partial charge in [-0.15, -0.1) is 11.3 Å². The lowest BCUT2D eigenvalue weighted by Gasteiger charge is -2.10. The van der Waals surface area contributed by atoms with Crippen molar-refractivity contribution in [1.29, 1.82) is 0 Å².